The standard InChI is InChI=1S/C18H24N2O4/c1-20(12-16-4-2-3-11-23-16)18(22)10-7-14-5-8-15(9-6-14)24-13-17(19)21/h5-10,16H,2-4,11-13H2,1H3,(H2,19,21)/b10-7+. The highest BCUT2D eigenvalue weighted by Gasteiger charge is 2.17. The van der Waals surface area contributed by atoms with E-state index in [1.54, 1.807) is 36.2 Å². The van der Waals surface area contributed by atoms with Gasteiger partial charge >= 0.3 is 0 Å². The molecule has 2 amide bonds. The normalized spacial score (nSPS) is 17.6. The molecular weight excluding hydrogens is 308 g/mol. The number of primary amides is 1. The number of hydrogen-bond donors (Lipinski definition) is 1. The molecule has 0 saturated carbocycles. The van der Waals surface area contributed by atoms with Crippen molar-refractivity contribution >= 4 is 17.9 Å². The van der Waals surface area contributed by atoms with E-state index in [4.69, 9.17) is 15.2 Å². The van der Waals surface area contributed by atoms with Gasteiger partial charge in [-0.05, 0) is 43.0 Å². The van der Waals surface area contributed by atoms with Crippen LogP contribution >= 0.6 is 0 Å². The van der Waals surface area contributed by atoms with Crippen molar-refractivity contribution in [2.24, 2.45) is 5.73 Å². The molecule has 1 aliphatic rings. The lowest BCUT2D eigenvalue weighted by molar-refractivity contribution is -0.127. The van der Waals surface area contributed by atoms with Crippen LogP contribution in [0.25, 0.3) is 6.08 Å². The molecule has 1 unspecified atom stereocenters. The zero-order valence-electron chi connectivity index (χ0n) is 13.9. The number of amides is 2. The van der Waals surface area contributed by atoms with Crippen LogP contribution in [-0.2, 0) is 14.3 Å². The van der Waals surface area contributed by atoms with Gasteiger partial charge in [0.1, 0.15) is 5.75 Å². The number of carbonyl (C=O) groups is 2. The molecule has 6 heteroatoms. The van der Waals surface area contributed by atoms with Crippen LogP contribution < -0.4 is 10.5 Å². The van der Waals surface area contributed by atoms with Gasteiger partial charge in [0, 0.05) is 26.3 Å². The lowest BCUT2D eigenvalue weighted by Gasteiger charge is -2.26. The first-order chi connectivity index (χ1) is 11.5. The minimum Gasteiger partial charge on any atom is -0.484 e. The molecule has 0 spiro atoms. The first kappa shape index (κ1) is 18.0. The van der Waals surface area contributed by atoms with Gasteiger partial charge in [-0.1, -0.05) is 12.1 Å². The fraction of sp³-hybridized carbons (Fsp3) is 0.444. The zero-order valence-corrected chi connectivity index (χ0v) is 13.9. The third-order valence-electron chi connectivity index (χ3n) is 3.81. The molecule has 0 aromatic heterocycles. The van der Waals surface area contributed by atoms with E-state index in [2.05, 4.69) is 0 Å². The largest absolute Gasteiger partial charge is 0.484 e. The molecule has 0 bridgehead atoms. The fourth-order valence-electron chi connectivity index (χ4n) is 2.47. The van der Waals surface area contributed by atoms with Crippen LogP contribution in [0, 0.1) is 0 Å². The van der Waals surface area contributed by atoms with Crippen molar-refractivity contribution in [3.8, 4) is 5.75 Å². The number of nitrogens with zero attached hydrogens (tertiary/aromatic N) is 1. The second-order valence-corrected chi connectivity index (χ2v) is 5.86. The maximum atomic E-state index is 12.1. The van der Waals surface area contributed by atoms with E-state index in [9.17, 15) is 9.59 Å². The van der Waals surface area contributed by atoms with E-state index in [1.807, 2.05) is 12.1 Å². The van der Waals surface area contributed by atoms with Crippen molar-refractivity contribution in [1.82, 2.24) is 4.90 Å². The van der Waals surface area contributed by atoms with Crippen LogP contribution in [-0.4, -0.2) is 49.6 Å². The summed E-state index contributed by atoms with van der Waals surface area (Å²) in [5.41, 5.74) is 5.89. The van der Waals surface area contributed by atoms with Gasteiger partial charge in [0.2, 0.25) is 5.91 Å². The minimum absolute atomic E-state index is 0.0572. The smallest absolute Gasteiger partial charge is 0.255 e. The Morgan fingerprint density at radius 2 is 2.08 bits per heavy atom. The van der Waals surface area contributed by atoms with E-state index in [0.717, 1.165) is 31.4 Å². The lowest BCUT2D eigenvalue weighted by Crippen LogP contribution is -2.36. The Morgan fingerprint density at radius 1 is 1.33 bits per heavy atom. The summed E-state index contributed by atoms with van der Waals surface area (Å²) in [6.45, 7) is 1.25. The summed E-state index contributed by atoms with van der Waals surface area (Å²) in [6.07, 6.45) is 6.71. The van der Waals surface area contributed by atoms with Crippen molar-refractivity contribution in [3.63, 3.8) is 0 Å². The van der Waals surface area contributed by atoms with Crippen LogP contribution in [0.5, 0.6) is 5.75 Å². The summed E-state index contributed by atoms with van der Waals surface area (Å²) < 4.78 is 10.8. The maximum absolute atomic E-state index is 12.1. The highest BCUT2D eigenvalue weighted by Crippen LogP contribution is 2.15. The maximum Gasteiger partial charge on any atom is 0.255 e. The molecule has 1 atom stereocenters. The number of benzene rings is 1. The van der Waals surface area contributed by atoms with Crippen LogP contribution in [0.2, 0.25) is 0 Å². The van der Waals surface area contributed by atoms with Crippen molar-refractivity contribution < 1.29 is 19.1 Å². The monoisotopic (exact) mass is 332 g/mol. The van der Waals surface area contributed by atoms with Crippen LogP contribution in [0.4, 0.5) is 0 Å². The topological polar surface area (TPSA) is 81.9 Å². The summed E-state index contributed by atoms with van der Waals surface area (Å²) in [5.74, 6) is -0.0170. The number of ether oxygens (including phenoxy) is 2. The van der Waals surface area contributed by atoms with Gasteiger partial charge < -0.3 is 20.1 Å². The van der Waals surface area contributed by atoms with E-state index >= 15 is 0 Å². The van der Waals surface area contributed by atoms with Crippen LogP contribution in [0.15, 0.2) is 30.3 Å². The molecule has 130 valence electrons. The molecular formula is C18H24N2O4. The number of likely N-dealkylation sites (N-methyl/N-ethyl adjacent to an activating group) is 1. The van der Waals surface area contributed by atoms with Gasteiger partial charge in [0.15, 0.2) is 6.61 Å². The summed E-state index contributed by atoms with van der Waals surface area (Å²) in [4.78, 5) is 24.5. The van der Waals surface area contributed by atoms with Crippen molar-refractivity contribution in [3.05, 3.63) is 35.9 Å². The molecule has 1 fully saturated rings. The molecule has 24 heavy (non-hydrogen) atoms. The Kier molecular flexibility index (Phi) is 6.81. The summed E-state index contributed by atoms with van der Waals surface area (Å²) in [6, 6.07) is 7.08. The second kappa shape index (κ2) is 9.08. The number of nitrogens with two attached hydrogens (primary N) is 1. The highest BCUT2D eigenvalue weighted by atomic mass is 16.5. The van der Waals surface area contributed by atoms with Crippen molar-refractivity contribution in [1.29, 1.82) is 0 Å². The molecule has 1 aliphatic heterocycles. The Labute approximate surface area is 142 Å². The van der Waals surface area contributed by atoms with E-state index in [1.165, 1.54) is 0 Å². The van der Waals surface area contributed by atoms with Crippen molar-refractivity contribution in [2.75, 3.05) is 26.8 Å². The Bertz CT molecular complexity index is 577. The average Bonchev–Trinajstić information content (AvgIpc) is 2.59. The first-order valence-corrected chi connectivity index (χ1v) is 8.10. The summed E-state index contributed by atoms with van der Waals surface area (Å²) in [5, 5.41) is 0. The first-order valence-electron chi connectivity index (χ1n) is 8.10. The Balaban J connectivity index is 1.82. The minimum atomic E-state index is -0.519. The molecule has 1 aromatic carbocycles. The molecule has 0 radical (unpaired) electrons. The highest BCUT2D eigenvalue weighted by molar-refractivity contribution is 5.91. The molecule has 1 aromatic rings. The summed E-state index contributed by atoms with van der Waals surface area (Å²) in [7, 11) is 1.78. The van der Waals surface area contributed by atoms with Crippen molar-refractivity contribution in [2.45, 2.75) is 25.4 Å². The Morgan fingerprint density at radius 3 is 2.71 bits per heavy atom. The Hall–Kier alpha value is -2.34. The number of rotatable bonds is 7. The second-order valence-electron chi connectivity index (χ2n) is 5.86. The zero-order chi connectivity index (χ0) is 17.4. The van der Waals surface area contributed by atoms with Crippen LogP contribution in [0.3, 0.4) is 0 Å². The van der Waals surface area contributed by atoms with E-state index in [-0.39, 0.29) is 18.6 Å². The van der Waals surface area contributed by atoms with Gasteiger partial charge in [-0.2, -0.15) is 0 Å². The van der Waals surface area contributed by atoms with E-state index < -0.39 is 5.91 Å². The molecule has 2 N–H and O–H groups in total. The average molecular weight is 332 g/mol. The number of carbonyl (C=O) groups excluding carboxylic acids is 2. The quantitative estimate of drug-likeness (QED) is 0.769. The molecule has 0 aliphatic carbocycles. The third-order valence-corrected chi connectivity index (χ3v) is 3.81. The SMILES string of the molecule is CN(CC1CCCCO1)C(=O)/C=C/c1ccc(OCC(N)=O)cc1. The third kappa shape index (κ3) is 6.04. The van der Waals surface area contributed by atoms with Gasteiger partial charge in [-0.25, -0.2) is 0 Å². The van der Waals surface area contributed by atoms with Gasteiger partial charge in [-0.3, -0.25) is 9.59 Å². The summed E-state index contributed by atoms with van der Waals surface area (Å²) >= 11 is 0. The molecule has 1 heterocycles. The lowest BCUT2D eigenvalue weighted by atomic mass is 10.1. The molecule has 6 nitrogen and oxygen atoms in total. The fourth-order valence-corrected chi connectivity index (χ4v) is 2.47. The van der Waals surface area contributed by atoms with Gasteiger partial charge in [0.05, 0.1) is 6.10 Å². The predicted octanol–water partition coefficient (Wildman–Crippen LogP) is 1.59. The van der Waals surface area contributed by atoms with Gasteiger partial charge in [-0.15, -0.1) is 0 Å². The van der Waals surface area contributed by atoms with Crippen LogP contribution in [0.1, 0.15) is 24.8 Å². The number of hydrogen-bond acceptors (Lipinski definition) is 4. The molecule has 1 saturated heterocycles. The van der Waals surface area contributed by atoms with Gasteiger partial charge in [0.25, 0.3) is 5.91 Å². The van der Waals surface area contributed by atoms with E-state index in [0.29, 0.717) is 12.3 Å². The molecule has 2 rings (SSSR count). The predicted molar refractivity (Wildman–Crippen MR) is 91.4 cm³/mol.